The van der Waals surface area contributed by atoms with Gasteiger partial charge in [-0.2, -0.15) is 0 Å². The number of benzene rings is 1. The highest BCUT2D eigenvalue weighted by Gasteiger charge is 2.33. The number of hydrogen-bond donors (Lipinski definition) is 0. The van der Waals surface area contributed by atoms with E-state index < -0.39 is 0 Å². The van der Waals surface area contributed by atoms with Crippen LogP contribution in [-0.2, 0) is 9.59 Å². The second-order valence-corrected chi connectivity index (χ2v) is 7.17. The first-order valence-electron chi connectivity index (χ1n) is 8.41. The zero-order valence-electron chi connectivity index (χ0n) is 14.7. The standard InChI is InChI=1S/C18H24N2O4/c1-11(2)5-17(21)19-9-23-15-8-14-16(7-13(15)19)24-10-20(14)18(22)6-12(3)4/h7-8,11-12H,5-6,9-10H2,1-4H3. The summed E-state index contributed by atoms with van der Waals surface area (Å²) in [7, 11) is 0. The summed E-state index contributed by atoms with van der Waals surface area (Å²) in [4.78, 5) is 28.0. The minimum atomic E-state index is 0.0365. The molecule has 2 aliphatic heterocycles. The minimum absolute atomic E-state index is 0.0365. The van der Waals surface area contributed by atoms with Crippen LogP contribution in [0.25, 0.3) is 0 Å². The van der Waals surface area contributed by atoms with E-state index in [-0.39, 0.29) is 37.1 Å². The summed E-state index contributed by atoms with van der Waals surface area (Å²) in [6.07, 6.45) is 0.944. The van der Waals surface area contributed by atoms with Crippen molar-refractivity contribution in [3.63, 3.8) is 0 Å². The van der Waals surface area contributed by atoms with Crippen molar-refractivity contribution < 1.29 is 19.1 Å². The second kappa shape index (κ2) is 6.34. The van der Waals surface area contributed by atoms with Gasteiger partial charge in [0.2, 0.25) is 11.8 Å². The molecule has 130 valence electrons. The van der Waals surface area contributed by atoms with Crippen LogP contribution in [-0.4, -0.2) is 25.3 Å². The van der Waals surface area contributed by atoms with Crippen molar-refractivity contribution in [1.29, 1.82) is 0 Å². The molecule has 0 saturated heterocycles. The highest BCUT2D eigenvalue weighted by atomic mass is 16.5. The van der Waals surface area contributed by atoms with Crippen molar-refractivity contribution >= 4 is 23.2 Å². The first kappa shape index (κ1) is 16.6. The van der Waals surface area contributed by atoms with E-state index in [0.717, 1.165) is 11.4 Å². The molecule has 0 N–H and O–H groups in total. The molecular formula is C18H24N2O4. The van der Waals surface area contributed by atoms with Crippen LogP contribution in [0.4, 0.5) is 11.4 Å². The molecular weight excluding hydrogens is 308 g/mol. The van der Waals surface area contributed by atoms with Gasteiger partial charge in [0, 0.05) is 25.0 Å². The van der Waals surface area contributed by atoms with Crippen LogP contribution in [0.2, 0.25) is 0 Å². The lowest BCUT2D eigenvalue weighted by molar-refractivity contribution is -0.120. The smallest absolute Gasteiger partial charge is 0.230 e. The van der Waals surface area contributed by atoms with Crippen molar-refractivity contribution in [1.82, 2.24) is 0 Å². The monoisotopic (exact) mass is 332 g/mol. The Labute approximate surface area is 142 Å². The number of carbonyl (C=O) groups is 2. The molecule has 0 fully saturated rings. The first-order chi connectivity index (χ1) is 11.4. The Morgan fingerprint density at radius 2 is 1.25 bits per heavy atom. The van der Waals surface area contributed by atoms with Gasteiger partial charge in [0.25, 0.3) is 0 Å². The van der Waals surface area contributed by atoms with Gasteiger partial charge in [0.1, 0.15) is 11.5 Å². The maximum Gasteiger partial charge on any atom is 0.230 e. The fourth-order valence-corrected chi connectivity index (χ4v) is 2.93. The van der Waals surface area contributed by atoms with Gasteiger partial charge in [0.15, 0.2) is 13.5 Å². The number of anilines is 2. The summed E-state index contributed by atoms with van der Waals surface area (Å²) in [5.41, 5.74) is 1.44. The lowest BCUT2D eigenvalue weighted by Crippen LogP contribution is -2.30. The molecule has 0 aromatic heterocycles. The van der Waals surface area contributed by atoms with Gasteiger partial charge >= 0.3 is 0 Å². The zero-order chi connectivity index (χ0) is 17.4. The number of hydrogen-bond acceptors (Lipinski definition) is 4. The normalized spacial score (nSPS) is 15.4. The Morgan fingerprint density at radius 1 is 0.875 bits per heavy atom. The highest BCUT2D eigenvalue weighted by Crippen LogP contribution is 2.46. The summed E-state index contributed by atoms with van der Waals surface area (Å²) in [5.74, 6) is 1.90. The lowest BCUT2D eigenvalue weighted by Gasteiger charge is -2.17. The summed E-state index contributed by atoms with van der Waals surface area (Å²) in [6, 6.07) is 3.61. The molecule has 2 amide bonds. The molecule has 0 unspecified atom stereocenters. The molecule has 2 heterocycles. The Hall–Kier alpha value is -2.24. The van der Waals surface area contributed by atoms with E-state index in [1.165, 1.54) is 0 Å². The fourth-order valence-electron chi connectivity index (χ4n) is 2.93. The van der Waals surface area contributed by atoms with E-state index in [1.807, 2.05) is 27.7 Å². The Morgan fingerprint density at radius 3 is 1.58 bits per heavy atom. The van der Waals surface area contributed by atoms with E-state index >= 15 is 0 Å². The predicted molar refractivity (Wildman–Crippen MR) is 91.3 cm³/mol. The van der Waals surface area contributed by atoms with Crippen LogP contribution in [0.1, 0.15) is 40.5 Å². The third kappa shape index (κ3) is 3.05. The molecule has 0 saturated carbocycles. The molecule has 1 aromatic rings. The largest absolute Gasteiger partial charge is 0.470 e. The Kier molecular flexibility index (Phi) is 4.39. The topological polar surface area (TPSA) is 59.1 Å². The van der Waals surface area contributed by atoms with Crippen molar-refractivity contribution in [3.05, 3.63) is 12.1 Å². The van der Waals surface area contributed by atoms with E-state index in [1.54, 1.807) is 21.9 Å². The fraction of sp³-hybridized carbons (Fsp3) is 0.556. The maximum atomic E-state index is 12.4. The molecule has 1 aromatic carbocycles. The van der Waals surface area contributed by atoms with Gasteiger partial charge < -0.3 is 9.47 Å². The van der Waals surface area contributed by atoms with Gasteiger partial charge in [-0.15, -0.1) is 0 Å². The Balaban J connectivity index is 1.85. The molecule has 0 spiro atoms. The molecule has 24 heavy (non-hydrogen) atoms. The SMILES string of the molecule is CC(C)CC(=O)N1COc2cc3c(cc21)OCN3C(=O)CC(C)C. The number of nitrogens with zero attached hydrogens (tertiary/aromatic N) is 2. The third-order valence-electron chi connectivity index (χ3n) is 4.09. The number of amides is 2. The predicted octanol–water partition coefficient (Wildman–Crippen LogP) is 3.14. The number of fused-ring (bicyclic) bond motifs is 2. The van der Waals surface area contributed by atoms with Crippen LogP contribution >= 0.6 is 0 Å². The van der Waals surface area contributed by atoms with Crippen molar-refractivity contribution in [2.24, 2.45) is 11.8 Å². The average Bonchev–Trinajstić information content (AvgIpc) is 3.06. The molecule has 6 nitrogen and oxygen atoms in total. The lowest BCUT2D eigenvalue weighted by atomic mass is 10.1. The molecule has 0 aliphatic carbocycles. The summed E-state index contributed by atoms with van der Waals surface area (Å²) in [6.45, 7) is 8.48. The highest BCUT2D eigenvalue weighted by molar-refractivity contribution is 6.00. The van der Waals surface area contributed by atoms with Gasteiger partial charge in [-0.05, 0) is 11.8 Å². The zero-order valence-corrected chi connectivity index (χ0v) is 14.7. The van der Waals surface area contributed by atoms with Crippen LogP contribution in [0.5, 0.6) is 11.5 Å². The molecule has 2 aliphatic rings. The van der Waals surface area contributed by atoms with E-state index in [0.29, 0.717) is 24.3 Å². The summed E-state index contributed by atoms with van der Waals surface area (Å²) in [5, 5.41) is 0. The molecule has 6 heteroatoms. The van der Waals surface area contributed by atoms with Crippen LogP contribution < -0.4 is 19.3 Å². The number of rotatable bonds is 4. The number of ether oxygens (including phenoxy) is 2. The maximum absolute atomic E-state index is 12.4. The van der Waals surface area contributed by atoms with Crippen molar-refractivity contribution in [2.45, 2.75) is 40.5 Å². The van der Waals surface area contributed by atoms with Crippen LogP contribution in [0, 0.1) is 11.8 Å². The van der Waals surface area contributed by atoms with Gasteiger partial charge in [-0.3, -0.25) is 19.4 Å². The average molecular weight is 332 g/mol. The van der Waals surface area contributed by atoms with E-state index in [9.17, 15) is 9.59 Å². The minimum Gasteiger partial charge on any atom is -0.470 e. The third-order valence-corrected chi connectivity index (χ3v) is 4.09. The second-order valence-electron chi connectivity index (χ2n) is 7.17. The van der Waals surface area contributed by atoms with Gasteiger partial charge in [-0.25, -0.2) is 0 Å². The van der Waals surface area contributed by atoms with Crippen LogP contribution in [0.15, 0.2) is 12.1 Å². The molecule has 0 radical (unpaired) electrons. The van der Waals surface area contributed by atoms with Crippen molar-refractivity contribution in [2.75, 3.05) is 23.3 Å². The first-order valence-corrected chi connectivity index (χ1v) is 8.41. The number of carbonyl (C=O) groups excluding carboxylic acids is 2. The van der Waals surface area contributed by atoms with Crippen LogP contribution in [0.3, 0.4) is 0 Å². The van der Waals surface area contributed by atoms with E-state index in [2.05, 4.69) is 0 Å². The summed E-state index contributed by atoms with van der Waals surface area (Å²) >= 11 is 0. The quantitative estimate of drug-likeness (QED) is 0.850. The van der Waals surface area contributed by atoms with E-state index in [4.69, 9.17) is 9.47 Å². The van der Waals surface area contributed by atoms with Gasteiger partial charge in [-0.1, -0.05) is 27.7 Å². The van der Waals surface area contributed by atoms with Crippen molar-refractivity contribution in [3.8, 4) is 11.5 Å². The molecule has 0 bridgehead atoms. The Bertz CT molecular complexity index is 611. The summed E-state index contributed by atoms with van der Waals surface area (Å²) < 4.78 is 11.3. The van der Waals surface area contributed by atoms with Gasteiger partial charge in [0.05, 0.1) is 11.4 Å². The molecule has 0 atom stereocenters. The molecule has 3 rings (SSSR count).